The number of rotatable bonds is 1. The van der Waals surface area contributed by atoms with Crippen molar-refractivity contribution in [2.24, 2.45) is 56.7 Å². The number of esters is 1. The van der Waals surface area contributed by atoms with Crippen LogP contribution in [0.5, 0.6) is 0 Å². The fourth-order valence-electron chi connectivity index (χ4n) is 11.2. The van der Waals surface area contributed by atoms with Crippen LogP contribution in [0.3, 0.4) is 0 Å². The van der Waals surface area contributed by atoms with Gasteiger partial charge in [0.15, 0.2) is 0 Å². The third-order valence-corrected chi connectivity index (χ3v) is 13.5. The smallest absolute Gasteiger partial charge is 0.312 e. The van der Waals surface area contributed by atoms with E-state index in [2.05, 4.69) is 54.5 Å². The average molecular weight is 487 g/mol. The highest BCUT2D eigenvalue weighted by Crippen LogP contribution is 2.75. The Kier molecular flexibility index (Phi) is 5.76. The minimum absolute atomic E-state index is 0.0114. The molecule has 5 aliphatic rings. The second-order valence-electron chi connectivity index (χ2n) is 14.8. The summed E-state index contributed by atoms with van der Waals surface area (Å²) in [6, 6.07) is 0. The first-order valence-electron chi connectivity index (χ1n) is 14.4. The number of hydrogen-bond acceptors (Lipinski definition) is 4. The van der Waals surface area contributed by atoms with E-state index in [0.29, 0.717) is 30.1 Å². The molecule has 5 aliphatic carbocycles. The van der Waals surface area contributed by atoms with E-state index in [-0.39, 0.29) is 39.0 Å². The van der Waals surface area contributed by atoms with E-state index in [4.69, 9.17) is 4.74 Å². The molecule has 0 aliphatic heterocycles. The third kappa shape index (κ3) is 3.02. The Morgan fingerprint density at radius 2 is 1.66 bits per heavy atom. The lowest BCUT2D eigenvalue weighted by Crippen LogP contribution is -2.67. The van der Waals surface area contributed by atoms with Crippen molar-refractivity contribution in [1.29, 1.82) is 0 Å². The lowest BCUT2D eigenvalue weighted by molar-refractivity contribution is -0.232. The standard InChI is InChI=1S/C31H50O4/c1-18-11-14-31(26(34)35-8)16-15-29(6)20(24(31)19(18)2)9-10-23-28(5)17-21(32)25(33)27(3,4)22(28)12-13-30(23,29)7/h9,18-19,21-25,32-33H,10-17H2,1-8H3/t18-,19+,21-,22?,23-,24+,25-,28+,29-,30-,31+/m1/s1. The number of aliphatic hydroxyl groups is 2. The largest absolute Gasteiger partial charge is 0.469 e. The van der Waals surface area contributed by atoms with E-state index in [1.165, 1.54) is 0 Å². The Balaban J connectivity index is 1.62. The van der Waals surface area contributed by atoms with Crippen molar-refractivity contribution in [3.8, 4) is 0 Å². The summed E-state index contributed by atoms with van der Waals surface area (Å²) in [5.74, 6) is 2.21. The molecule has 0 saturated heterocycles. The van der Waals surface area contributed by atoms with Crippen molar-refractivity contribution in [1.82, 2.24) is 0 Å². The van der Waals surface area contributed by atoms with Gasteiger partial charge in [0, 0.05) is 0 Å². The van der Waals surface area contributed by atoms with E-state index >= 15 is 0 Å². The molecule has 0 amide bonds. The normalized spacial score (nSPS) is 54.9. The summed E-state index contributed by atoms with van der Waals surface area (Å²) >= 11 is 0. The fraction of sp³-hybridized carbons (Fsp3) is 0.903. The zero-order valence-corrected chi connectivity index (χ0v) is 23.5. The summed E-state index contributed by atoms with van der Waals surface area (Å²) in [4.78, 5) is 13.4. The van der Waals surface area contributed by atoms with Gasteiger partial charge in [-0.2, -0.15) is 0 Å². The van der Waals surface area contributed by atoms with Crippen molar-refractivity contribution in [3.63, 3.8) is 0 Å². The van der Waals surface area contributed by atoms with Crippen LogP contribution in [0.15, 0.2) is 11.6 Å². The molecule has 0 spiro atoms. The van der Waals surface area contributed by atoms with Crippen LogP contribution in [0.2, 0.25) is 0 Å². The summed E-state index contributed by atoms with van der Waals surface area (Å²) in [6.07, 6.45) is 9.19. The highest BCUT2D eigenvalue weighted by atomic mass is 16.5. The highest BCUT2D eigenvalue weighted by molar-refractivity contribution is 5.78. The summed E-state index contributed by atoms with van der Waals surface area (Å²) in [5.41, 5.74) is 1.03. The molecular formula is C31H50O4. The van der Waals surface area contributed by atoms with E-state index < -0.39 is 12.2 Å². The summed E-state index contributed by atoms with van der Waals surface area (Å²) in [5, 5.41) is 22.0. The molecule has 0 heterocycles. The predicted molar refractivity (Wildman–Crippen MR) is 138 cm³/mol. The van der Waals surface area contributed by atoms with Crippen LogP contribution >= 0.6 is 0 Å². The summed E-state index contributed by atoms with van der Waals surface area (Å²) in [7, 11) is 1.57. The van der Waals surface area contributed by atoms with E-state index in [0.717, 1.165) is 44.9 Å². The Hall–Kier alpha value is -0.870. The van der Waals surface area contributed by atoms with Gasteiger partial charge in [0.25, 0.3) is 0 Å². The minimum Gasteiger partial charge on any atom is -0.469 e. The molecule has 5 rings (SSSR count). The number of aliphatic hydroxyl groups excluding tert-OH is 2. The topological polar surface area (TPSA) is 66.8 Å². The first-order valence-corrected chi connectivity index (χ1v) is 14.4. The highest BCUT2D eigenvalue weighted by Gasteiger charge is 2.70. The average Bonchev–Trinajstić information content (AvgIpc) is 2.79. The quantitative estimate of drug-likeness (QED) is 0.345. The zero-order valence-electron chi connectivity index (χ0n) is 23.5. The predicted octanol–water partition coefficient (Wildman–Crippen LogP) is 6.15. The SMILES string of the molecule is COC(=O)[C@]12CC[C@@H](C)[C@H](C)[C@H]1C1=CC[C@@H]3[C@@]4(C)C[C@@H](O)[C@@H](O)C(C)(C)C4CC[C@@]3(C)[C@]1(C)CC2. The number of hydrogen-bond donors (Lipinski definition) is 2. The second kappa shape index (κ2) is 7.82. The minimum atomic E-state index is -0.663. The van der Waals surface area contributed by atoms with Gasteiger partial charge in [-0.15, -0.1) is 0 Å². The van der Waals surface area contributed by atoms with Crippen LogP contribution in [0.1, 0.15) is 99.8 Å². The van der Waals surface area contributed by atoms with Gasteiger partial charge in [-0.25, -0.2) is 0 Å². The van der Waals surface area contributed by atoms with E-state index in [9.17, 15) is 15.0 Å². The van der Waals surface area contributed by atoms with Gasteiger partial charge in [0.05, 0.1) is 24.7 Å². The third-order valence-electron chi connectivity index (χ3n) is 13.5. The van der Waals surface area contributed by atoms with Crippen molar-refractivity contribution < 1.29 is 19.7 Å². The summed E-state index contributed by atoms with van der Waals surface area (Å²) < 4.78 is 5.49. The number of methoxy groups -OCH3 is 1. The molecule has 0 bridgehead atoms. The lowest BCUT2D eigenvalue weighted by Gasteiger charge is -2.71. The first-order chi connectivity index (χ1) is 16.2. The summed E-state index contributed by atoms with van der Waals surface area (Å²) in [6.45, 7) is 16.6. The molecule has 2 N–H and O–H groups in total. The molecule has 0 aromatic rings. The number of ether oxygens (including phenoxy) is 1. The molecule has 4 nitrogen and oxygen atoms in total. The Bertz CT molecular complexity index is 923. The number of allylic oxidation sites excluding steroid dienone is 2. The van der Waals surface area contributed by atoms with Gasteiger partial charge in [-0.05, 0) is 103 Å². The van der Waals surface area contributed by atoms with Crippen LogP contribution in [0.25, 0.3) is 0 Å². The van der Waals surface area contributed by atoms with Gasteiger partial charge in [-0.3, -0.25) is 4.79 Å². The number of carbonyl (C=O) groups is 1. The van der Waals surface area contributed by atoms with Gasteiger partial charge in [0.2, 0.25) is 0 Å². The van der Waals surface area contributed by atoms with Crippen molar-refractivity contribution >= 4 is 5.97 Å². The number of carbonyl (C=O) groups excluding carboxylic acids is 1. The number of fused-ring (bicyclic) bond motifs is 7. The molecular weight excluding hydrogens is 436 g/mol. The molecule has 198 valence electrons. The first kappa shape index (κ1) is 25.8. The van der Waals surface area contributed by atoms with Gasteiger partial charge < -0.3 is 14.9 Å². The molecule has 0 aromatic carbocycles. The molecule has 0 radical (unpaired) electrons. The molecule has 4 fully saturated rings. The van der Waals surface area contributed by atoms with Gasteiger partial charge >= 0.3 is 5.97 Å². The lowest BCUT2D eigenvalue weighted by atomic mass is 9.33. The van der Waals surface area contributed by atoms with Crippen molar-refractivity contribution in [2.45, 2.75) is 112 Å². The maximum Gasteiger partial charge on any atom is 0.312 e. The van der Waals surface area contributed by atoms with Crippen LogP contribution in [0.4, 0.5) is 0 Å². The Morgan fingerprint density at radius 1 is 0.971 bits per heavy atom. The fourth-order valence-corrected chi connectivity index (χ4v) is 11.2. The van der Waals surface area contributed by atoms with Crippen molar-refractivity contribution in [2.75, 3.05) is 7.11 Å². The van der Waals surface area contributed by atoms with Crippen LogP contribution in [0, 0.1) is 56.7 Å². The zero-order chi connectivity index (χ0) is 25.8. The van der Waals surface area contributed by atoms with Crippen molar-refractivity contribution in [3.05, 3.63) is 11.6 Å². The van der Waals surface area contributed by atoms with E-state index in [1.807, 2.05) is 0 Å². The Morgan fingerprint density at radius 3 is 2.31 bits per heavy atom. The molecule has 0 aromatic heterocycles. The molecule has 35 heavy (non-hydrogen) atoms. The monoisotopic (exact) mass is 486 g/mol. The molecule has 1 unspecified atom stereocenters. The molecule has 11 atom stereocenters. The van der Waals surface area contributed by atoms with Gasteiger partial charge in [-0.1, -0.05) is 60.1 Å². The Labute approximate surface area is 213 Å². The maximum absolute atomic E-state index is 13.4. The second-order valence-corrected chi connectivity index (χ2v) is 14.8. The molecule has 4 heteroatoms. The molecule has 4 saturated carbocycles. The van der Waals surface area contributed by atoms with Crippen LogP contribution < -0.4 is 0 Å². The van der Waals surface area contributed by atoms with Crippen LogP contribution in [-0.2, 0) is 9.53 Å². The maximum atomic E-state index is 13.4. The van der Waals surface area contributed by atoms with Gasteiger partial charge in [0.1, 0.15) is 0 Å². The van der Waals surface area contributed by atoms with Crippen LogP contribution in [-0.4, -0.2) is 35.5 Å². The van der Waals surface area contributed by atoms with E-state index in [1.54, 1.807) is 12.7 Å².